The molecule has 0 saturated carbocycles. The number of rotatable bonds is 10. The predicted octanol–water partition coefficient (Wildman–Crippen LogP) is 1.55. The first-order valence-corrected chi connectivity index (χ1v) is 9.16. The van der Waals surface area contributed by atoms with E-state index in [0.717, 1.165) is 11.9 Å². The molecule has 0 atom stereocenters. The van der Waals surface area contributed by atoms with E-state index in [1.54, 1.807) is 24.2 Å². The van der Waals surface area contributed by atoms with Gasteiger partial charge in [-0.15, -0.1) is 11.3 Å². The van der Waals surface area contributed by atoms with Crippen LogP contribution in [0.4, 0.5) is 18.3 Å². The van der Waals surface area contributed by atoms with Gasteiger partial charge in [0.25, 0.3) is 6.20 Å². The van der Waals surface area contributed by atoms with Crippen molar-refractivity contribution in [3.63, 3.8) is 0 Å². The molecular formula is C12H18F3N7O2S2. The largest absolute Gasteiger partial charge is 0.408 e. The lowest BCUT2D eigenvalue weighted by molar-refractivity contribution is -0.404. The maximum Gasteiger partial charge on any atom is 0.408 e. The number of thioether (sulfide) groups is 1. The van der Waals surface area contributed by atoms with Crippen LogP contribution in [-0.2, 0) is 5.75 Å². The molecule has 5 N–H and O–H groups in total. The summed E-state index contributed by atoms with van der Waals surface area (Å²) in [7, 11) is 1.57. The molecule has 0 aliphatic heterocycles. The van der Waals surface area contributed by atoms with Gasteiger partial charge in [0.15, 0.2) is 16.9 Å². The zero-order chi connectivity index (χ0) is 19.6. The number of halogens is 3. The second-order valence-corrected chi connectivity index (χ2v) is 6.61. The van der Waals surface area contributed by atoms with Crippen molar-refractivity contribution in [2.45, 2.75) is 11.9 Å². The van der Waals surface area contributed by atoms with E-state index >= 15 is 0 Å². The third kappa shape index (κ3) is 9.93. The van der Waals surface area contributed by atoms with E-state index in [1.165, 1.54) is 11.3 Å². The molecule has 1 aromatic heterocycles. The lowest BCUT2D eigenvalue weighted by atomic mass is 10.6. The molecule has 0 aromatic carbocycles. The maximum atomic E-state index is 12.0. The van der Waals surface area contributed by atoms with Crippen LogP contribution in [0.15, 0.2) is 22.4 Å². The van der Waals surface area contributed by atoms with E-state index in [-0.39, 0.29) is 5.96 Å². The molecule has 0 amide bonds. The highest BCUT2D eigenvalue weighted by Crippen LogP contribution is 2.19. The molecule has 0 aliphatic rings. The van der Waals surface area contributed by atoms with Crippen molar-refractivity contribution >= 4 is 34.2 Å². The molecule has 0 unspecified atom stereocenters. The van der Waals surface area contributed by atoms with Gasteiger partial charge in [0, 0.05) is 30.5 Å². The minimum absolute atomic E-state index is 0.310. The van der Waals surface area contributed by atoms with Crippen LogP contribution in [0.2, 0.25) is 0 Å². The molecule has 0 bridgehead atoms. The molecule has 14 heteroatoms. The van der Waals surface area contributed by atoms with Gasteiger partial charge < -0.3 is 21.7 Å². The molecule has 26 heavy (non-hydrogen) atoms. The van der Waals surface area contributed by atoms with Gasteiger partial charge in [0.1, 0.15) is 6.54 Å². The molecular weight excluding hydrogens is 395 g/mol. The number of nitrogens with two attached hydrogens (primary N) is 1. The number of thiazole rings is 1. The van der Waals surface area contributed by atoms with E-state index in [9.17, 15) is 23.3 Å². The summed E-state index contributed by atoms with van der Waals surface area (Å²) >= 11 is 2.75. The first-order valence-electron chi connectivity index (χ1n) is 7.12. The number of nitrogens with zero attached hydrogens (tertiary/aromatic N) is 3. The number of anilines is 1. The number of guanidine groups is 1. The van der Waals surface area contributed by atoms with Crippen molar-refractivity contribution in [1.29, 1.82) is 0 Å². The Balaban J connectivity index is 2.33. The van der Waals surface area contributed by atoms with Gasteiger partial charge in [0.05, 0.1) is 10.6 Å². The van der Waals surface area contributed by atoms with Crippen molar-refractivity contribution in [3.8, 4) is 0 Å². The number of aliphatic imine (C=N–C) groups is 1. The van der Waals surface area contributed by atoms with Crippen LogP contribution in [0, 0.1) is 10.1 Å². The number of alkyl halides is 3. The Hall–Kier alpha value is -2.22. The Bertz CT molecular complexity index is 649. The first-order chi connectivity index (χ1) is 12.2. The number of nitrogens with one attached hydrogen (secondary N) is 3. The van der Waals surface area contributed by atoms with Crippen LogP contribution < -0.4 is 21.7 Å². The zero-order valence-corrected chi connectivity index (χ0v) is 15.3. The maximum absolute atomic E-state index is 12.0. The second kappa shape index (κ2) is 10.7. The lowest BCUT2D eigenvalue weighted by Gasteiger charge is -2.07. The van der Waals surface area contributed by atoms with Gasteiger partial charge in [-0.05, 0) is 0 Å². The summed E-state index contributed by atoms with van der Waals surface area (Å²) in [5, 5.41) is 20.5. The van der Waals surface area contributed by atoms with Gasteiger partial charge in [-0.25, -0.2) is 9.98 Å². The minimum atomic E-state index is -4.41. The summed E-state index contributed by atoms with van der Waals surface area (Å²) in [5.74, 6) is 1.21. The number of hydrogen-bond acceptors (Lipinski definition) is 8. The highest BCUT2D eigenvalue weighted by molar-refractivity contribution is 7.98. The molecule has 0 spiro atoms. The Morgan fingerprint density at radius 2 is 2.31 bits per heavy atom. The molecule has 146 valence electrons. The minimum Gasteiger partial charge on any atom is -0.370 e. The van der Waals surface area contributed by atoms with Crippen molar-refractivity contribution in [3.05, 3.63) is 33.2 Å². The summed E-state index contributed by atoms with van der Waals surface area (Å²) < 4.78 is 36.1. The average Bonchev–Trinajstić information content (AvgIpc) is 2.97. The third-order valence-corrected chi connectivity index (χ3v) is 4.33. The summed E-state index contributed by atoms with van der Waals surface area (Å²) in [4.78, 5) is 17.2. The Morgan fingerprint density at radius 1 is 1.58 bits per heavy atom. The van der Waals surface area contributed by atoms with Gasteiger partial charge in [-0.3, -0.25) is 10.1 Å². The molecule has 1 heterocycles. The van der Waals surface area contributed by atoms with Gasteiger partial charge in [-0.1, -0.05) is 0 Å². The van der Waals surface area contributed by atoms with Crippen LogP contribution in [0.5, 0.6) is 0 Å². The fourth-order valence-electron chi connectivity index (χ4n) is 1.49. The van der Waals surface area contributed by atoms with Crippen LogP contribution in [0.1, 0.15) is 5.69 Å². The predicted molar refractivity (Wildman–Crippen MR) is 96.6 cm³/mol. The fourth-order valence-corrected chi connectivity index (χ4v) is 3.06. The van der Waals surface area contributed by atoms with Gasteiger partial charge in [0.2, 0.25) is 0 Å². The van der Waals surface area contributed by atoms with Crippen LogP contribution in [-0.4, -0.2) is 47.9 Å². The van der Waals surface area contributed by atoms with Crippen molar-refractivity contribution < 1.29 is 18.1 Å². The molecule has 1 aromatic rings. The van der Waals surface area contributed by atoms with E-state index in [2.05, 4.69) is 25.9 Å². The molecule has 0 saturated heterocycles. The monoisotopic (exact) mass is 413 g/mol. The van der Waals surface area contributed by atoms with E-state index in [1.807, 2.05) is 0 Å². The van der Waals surface area contributed by atoms with Crippen molar-refractivity contribution in [1.82, 2.24) is 15.6 Å². The van der Waals surface area contributed by atoms with E-state index in [4.69, 9.17) is 5.73 Å². The Kier molecular flexibility index (Phi) is 8.98. The highest BCUT2D eigenvalue weighted by Gasteiger charge is 2.26. The topological polar surface area (TPSA) is 130 Å². The summed E-state index contributed by atoms with van der Waals surface area (Å²) in [5.41, 5.74) is 6.11. The number of nitro groups is 1. The molecule has 0 fully saturated rings. The van der Waals surface area contributed by atoms with E-state index < -0.39 is 17.6 Å². The molecule has 0 aliphatic carbocycles. The standard InChI is InChI=1S/C12H18F3N7O2S2/c1-17-9(4-22(23)24)18-2-3-25-5-8-6-26-11(20-8)21-10(16)19-7-12(13,14)15/h4,6,17-18H,2-3,5,7H2,1H3,(H3,16,19,20,21). The SMILES string of the molecule is CNC(=C[N+](=O)[O-])NCCSCc1csc(NC(N)=NCC(F)(F)F)n1. The van der Waals surface area contributed by atoms with Gasteiger partial charge in [-0.2, -0.15) is 24.9 Å². The average molecular weight is 413 g/mol. The Labute approximate surface area is 155 Å². The summed E-state index contributed by atoms with van der Waals surface area (Å²) in [6.07, 6.45) is -3.57. The van der Waals surface area contributed by atoms with Gasteiger partial charge >= 0.3 is 6.18 Å². The van der Waals surface area contributed by atoms with Crippen LogP contribution in [0.3, 0.4) is 0 Å². The fraction of sp³-hybridized carbons (Fsp3) is 0.500. The summed E-state index contributed by atoms with van der Waals surface area (Å²) in [6, 6.07) is 0. The quantitative estimate of drug-likeness (QED) is 0.149. The second-order valence-electron chi connectivity index (χ2n) is 4.64. The smallest absolute Gasteiger partial charge is 0.370 e. The first kappa shape index (κ1) is 21.8. The zero-order valence-electron chi connectivity index (χ0n) is 13.7. The lowest BCUT2D eigenvalue weighted by Crippen LogP contribution is -2.26. The molecule has 0 radical (unpaired) electrons. The number of hydrogen-bond donors (Lipinski definition) is 4. The van der Waals surface area contributed by atoms with Crippen molar-refractivity contribution in [2.75, 3.05) is 31.2 Å². The molecule has 9 nitrogen and oxygen atoms in total. The van der Waals surface area contributed by atoms with Crippen molar-refractivity contribution in [2.24, 2.45) is 10.7 Å². The van der Waals surface area contributed by atoms with Crippen LogP contribution >= 0.6 is 23.1 Å². The normalized spacial score (nSPS) is 12.8. The third-order valence-electron chi connectivity index (χ3n) is 2.53. The number of aromatic nitrogens is 1. The van der Waals surface area contributed by atoms with Crippen LogP contribution in [0.25, 0.3) is 0 Å². The highest BCUT2D eigenvalue weighted by atomic mass is 32.2. The molecule has 1 rings (SSSR count). The van der Waals surface area contributed by atoms with E-state index in [0.29, 0.717) is 29.0 Å². The summed E-state index contributed by atoms with van der Waals surface area (Å²) in [6.45, 7) is -0.843. The Morgan fingerprint density at radius 3 is 2.92 bits per heavy atom.